The van der Waals surface area contributed by atoms with Crippen molar-refractivity contribution in [2.24, 2.45) is 11.7 Å². The molecule has 1 atom stereocenters. The zero-order valence-electron chi connectivity index (χ0n) is 15.2. The van der Waals surface area contributed by atoms with E-state index in [2.05, 4.69) is 5.10 Å². The summed E-state index contributed by atoms with van der Waals surface area (Å²) in [5.74, 6) is -0.649. The van der Waals surface area contributed by atoms with Crippen LogP contribution in [0.1, 0.15) is 29.9 Å². The summed E-state index contributed by atoms with van der Waals surface area (Å²) in [6, 6.07) is 15.7. The van der Waals surface area contributed by atoms with Crippen LogP contribution in [-0.4, -0.2) is 29.9 Å². The van der Waals surface area contributed by atoms with E-state index in [1.54, 1.807) is 35.1 Å². The summed E-state index contributed by atoms with van der Waals surface area (Å²) in [5.41, 5.74) is 7.95. The van der Waals surface area contributed by atoms with Crippen LogP contribution in [0.15, 0.2) is 71.9 Å². The van der Waals surface area contributed by atoms with Crippen molar-refractivity contribution in [3.05, 3.63) is 78.1 Å². The van der Waals surface area contributed by atoms with Crippen LogP contribution in [-0.2, 0) is 14.6 Å². The first-order chi connectivity index (χ1) is 13.4. The highest BCUT2D eigenvalue weighted by atomic mass is 32.2. The Bertz CT molecular complexity index is 1070. The molecule has 1 amide bonds. The van der Waals surface area contributed by atoms with Gasteiger partial charge in [-0.25, -0.2) is 13.1 Å². The Hall–Kier alpha value is -2.93. The van der Waals surface area contributed by atoms with Crippen molar-refractivity contribution in [3.8, 4) is 5.69 Å². The quantitative estimate of drug-likeness (QED) is 0.665. The number of nitrogens with two attached hydrogens (primary N) is 1. The molecule has 1 fully saturated rings. The Morgan fingerprint density at radius 2 is 1.68 bits per heavy atom. The Labute approximate surface area is 163 Å². The van der Waals surface area contributed by atoms with Gasteiger partial charge in [-0.15, -0.1) is 0 Å². The van der Waals surface area contributed by atoms with Gasteiger partial charge in [0.1, 0.15) is 0 Å². The van der Waals surface area contributed by atoms with Crippen LogP contribution >= 0.6 is 0 Å². The lowest BCUT2D eigenvalue weighted by Crippen LogP contribution is -2.22. The van der Waals surface area contributed by atoms with Gasteiger partial charge in [0.2, 0.25) is 5.91 Å². The van der Waals surface area contributed by atoms with Gasteiger partial charge >= 0.3 is 0 Å². The van der Waals surface area contributed by atoms with Gasteiger partial charge in [-0.1, -0.05) is 24.3 Å². The van der Waals surface area contributed by atoms with Crippen LogP contribution in [0, 0.1) is 5.92 Å². The van der Waals surface area contributed by atoms with E-state index in [-0.39, 0.29) is 11.7 Å². The topological polar surface area (TPSA) is 95.1 Å². The molecule has 2 N–H and O–H groups in total. The van der Waals surface area contributed by atoms with E-state index in [0.29, 0.717) is 10.5 Å². The minimum Gasteiger partial charge on any atom is -0.369 e. The summed E-state index contributed by atoms with van der Waals surface area (Å²) < 4.78 is 26.6. The minimum atomic E-state index is -3.28. The van der Waals surface area contributed by atoms with E-state index in [1.807, 2.05) is 36.5 Å². The molecule has 0 radical (unpaired) electrons. The molecule has 0 bridgehead atoms. The molecule has 7 heteroatoms. The van der Waals surface area contributed by atoms with Gasteiger partial charge in [0.15, 0.2) is 9.84 Å². The molecule has 0 spiro atoms. The lowest BCUT2D eigenvalue weighted by Gasteiger charge is -2.15. The largest absolute Gasteiger partial charge is 0.369 e. The standard InChI is InChI=1S/C21H21N3O3S/c22-21(25)20(16-4-8-18(9-5-16)24-13-1-12-23-24)17-6-10-19(11-7-17)28(26,27)14-15-2-3-15/h1,4-13,15,20H,2-3,14H2,(H2,22,25). The van der Waals surface area contributed by atoms with Crippen LogP contribution in [0.4, 0.5) is 0 Å². The molecule has 1 aromatic heterocycles. The first-order valence-corrected chi connectivity index (χ1v) is 10.8. The molecule has 6 nitrogen and oxygen atoms in total. The minimum absolute atomic E-state index is 0.195. The molecule has 1 aliphatic carbocycles. The number of nitrogens with zero attached hydrogens (tertiary/aromatic N) is 2. The molecule has 1 heterocycles. The second kappa shape index (κ2) is 7.24. The van der Waals surface area contributed by atoms with Crippen molar-refractivity contribution in [1.82, 2.24) is 9.78 Å². The first-order valence-electron chi connectivity index (χ1n) is 9.16. The predicted octanol–water partition coefficient (Wildman–Crippen LogP) is 2.67. The summed E-state index contributed by atoms with van der Waals surface area (Å²) in [6.07, 6.45) is 5.49. The van der Waals surface area contributed by atoms with E-state index in [9.17, 15) is 13.2 Å². The van der Waals surface area contributed by atoms with Crippen LogP contribution in [0.2, 0.25) is 0 Å². The molecule has 28 heavy (non-hydrogen) atoms. The Kier molecular flexibility index (Phi) is 4.77. The van der Waals surface area contributed by atoms with Gasteiger partial charge in [-0.05, 0) is 60.2 Å². The number of hydrogen-bond donors (Lipinski definition) is 1. The van der Waals surface area contributed by atoms with Crippen molar-refractivity contribution < 1.29 is 13.2 Å². The molecule has 4 rings (SSSR count). The molecule has 1 saturated carbocycles. The lowest BCUT2D eigenvalue weighted by molar-refractivity contribution is -0.118. The Balaban J connectivity index is 1.60. The maximum Gasteiger partial charge on any atom is 0.229 e. The number of amides is 1. The third kappa shape index (κ3) is 3.84. The molecule has 0 aliphatic heterocycles. The molecule has 144 valence electrons. The van der Waals surface area contributed by atoms with Crippen LogP contribution < -0.4 is 5.73 Å². The third-order valence-corrected chi connectivity index (χ3v) is 6.91. The fraction of sp³-hybridized carbons (Fsp3) is 0.238. The number of rotatable bonds is 7. The summed E-state index contributed by atoms with van der Waals surface area (Å²) in [6.45, 7) is 0. The number of carbonyl (C=O) groups excluding carboxylic acids is 1. The van der Waals surface area contributed by atoms with E-state index in [0.717, 1.165) is 24.1 Å². The molecule has 1 unspecified atom stereocenters. The summed E-state index contributed by atoms with van der Waals surface area (Å²) in [4.78, 5) is 12.4. The molecular weight excluding hydrogens is 374 g/mol. The monoisotopic (exact) mass is 395 g/mol. The van der Waals surface area contributed by atoms with Crippen LogP contribution in [0.25, 0.3) is 5.69 Å². The second-order valence-electron chi connectivity index (χ2n) is 7.17. The van der Waals surface area contributed by atoms with E-state index >= 15 is 0 Å². The molecule has 3 aromatic rings. The predicted molar refractivity (Wildman–Crippen MR) is 106 cm³/mol. The number of benzene rings is 2. The summed E-state index contributed by atoms with van der Waals surface area (Å²) in [7, 11) is -3.28. The number of aromatic nitrogens is 2. The molecule has 0 saturated heterocycles. The number of primary amides is 1. The normalized spacial score (nSPS) is 15.3. The van der Waals surface area contributed by atoms with Crippen LogP contribution in [0.3, 0.4) is 0 Å². The Morgan fingerprint density at radius 1 is 1.07 bits per heavy atom. The Morgan fingerprint density at radius 3 is 2.18 bits per heavy atom. The molecule has 2 aromatic carbocycles. The van der Waals surface area contributed by atoms with E-state index < -0.39 is 21.7 Å². The van der Waals surface area contributed by atoms with Crippen LogP contribution in [0.5, 0.6) is 0 Å². The second-order valence-corrected chi connectivity index (χ2v) is 9.21. The first kappa shape index (κ1) is 18.4. The third-order valence-electron chi connectivity index (χ3n) is 5.00. The zero-order valence-corrected chi connectivity index (χ0v) is 16.0. The number of sulfone groups is 1. The highest BCUT2D eigenvalue weighted by molar-refractivity contribution is 7.91. The van der Waals surface area contributed by atoms with Gasteiger partial charge in [-0.2, -0.15) is 5.10 Å². The van der Waals surface area contributed by atoms with E-state index in [1.165, 1.54) is 0 Å². The SMILES string of the molecule is NC(=O)C(c1ccc(-n2cccn2)cc1)c1ccc(S(=O)(=O)CC2CC2)cc1. The van der Waals surface area contributed by atoms with Gasteiger partial charge in [-0.3, -0.25) is 4.79 Å². The van der Waals surface area contributed by atoms with Crippen molar-refractivity contribution >= 4 is 15.7 Å². The summed E-state index contributed by atoms with van der Waals surface area (Å²) in [5, 5.41) is 4.18. The fourth-order valence-electron chi connectivity index (χ4n) is 3.32. The molecule has 1 aliphatic rings. The average Bonchev–Trinajstić information content (AvgIpc) is 3.30. The lowest BCUT2D eigenvalue weighted by atomic mass is 9.90. The zero-order chi connectivity index (χ0) is 19.7. The molecular formula is C21H21N3O3S. The van der Waals surface area contributed by atoms with Crippen molar-refractivity contribution in [2.45, 2.75) is 23.7 Å². The number of hydrogen-bond acceptors (Lipinski definition) is 4. The van der Waals surface area contributed by atoms with Gasteiger partial charge in [0, 0.05) is 12.4 Å². The summed E-state index contributed by atoms with van der Waals surface area (Å²) >= 11 is 0. The maximum absolute atomic E-state index is 12.4. The van der Waals surface area contributed by atoms with Crippen molar-refractivity contribution in [3.63, 3.8) is 0 Å². The maximum atomic E-state index is 12.4. The average molecular weight is 395 g/mol. The van der Waals surface area contributed by atoms with Gasteiger partial charge < -0.3 is 5.73 Å². The van der Waals surface area contributed by atoms with Crippen molar-refractivity contribution in [2.75, 3.05) is 5.75 Å². The highest BCUT2D eigenvalue weighted by Crippen LogP contribution is 2.33. The highest BCUT2D eigenvalue weighted by Gasteiger charge is 2.29. The van der Waals surface area contributed by atoms with Gasteiger partial charge in [0.05, 0.1) is 22.3 Å². The smallest absolute Gasteiger partial charge is 0.229 e. The van der Waals surface area contributed by atoms with Crippen molar-refractivity contribution in [1.29, 1.82) is 0 Å². The fourth-order valence-corrected chi connectivity index (χ4v) is 5.02. The van der Waals surface area contributed by atoms with Gasteiger partial charge in [0.25, 0.3) is 0 Å². The van der Waals surface area contributed by atoms with E-state index in [4.69, 9.17) is 5.73 Å². The number of carbonyl (C=O) groups is 1.